The highest BCUT2D eigenvalue weighted by Crippen LogP contribution is 2.28. The van der Waals surface area contributed by atoms with Crippen LogP contribution in [0, 0.1) is 0 Å². The summed E-state index contributed by atoms with van der Waals surface area (Å²) in [5.41, 5.74) is -0.589. The normalized spacial score (nSPS) is 20.8. The number of hydrogen-bond acceptors (Lipinski definition) is 5. The van der Waals surface area contributed by atoms with Gasteiger partial charge in [-0.1, -0.05) is 36.4 Å². The summed E-state index contributed by atoms with van der Waals surface area (Å²) in [5, 5.41) is 15.6. The van der Waals surface area contributed by atoms with E-state index >= 15 is 4.39 Å². The molecule has 0 bridgehead atoms. The molecule has 5 rings (SSSR count). The van der Waals surface area contributed by atoms with E-state index in [1.54, 1.807) is 35.0 Å². The number of fused-ring (bicyclic) bond motifs is 1. The Morgan fingerprint density at radius 1 is 1.12 bits per heavy atom. The largest absolute Gasteiger partial charge is 0.385 e. The Morgan fingerprint density at radius 3 is 2.52 bits per heavy atom. The first-order valence-electron chi connectivity index (χ1n) is 10.7. The molecule has 2 aromatic heterocycles. The second-order valence-electron chi connectivity index (χ2n) is 8.25. The molecule has 1 aliphatic rings. The van der Waals surface area contributed by atoms with Gasteiger partial charge in [-0.05, 0) is 30.7 Å². The molecule has 2 aromatic carbocycles. The fraction of sp³-hybridized carbons (Fsp3) is 0.250. The summed E-state index contributed by atoms with van der Waals surface area (Å²) >= 11 is 0. The number of amides is 1. The Kier molecular flexibility index (Phi) is 5.26. The van der Waals surface area contributed by atoms with E-state index in [-0.39, 0.29) is 37.3 Å². The molecule has 33 heavy (non-hydrogen) atoms. The van der Waals surface area contributed by atoms with Crippen LogP contribution in [0.2, 0.25) is 0 Å². The van der Waals surface area contributed by atoms with Gasteiger partial charge in [0.25, 0.3) is 11.5 Å². The molecule has 8 nitrogen and oxygen atoms in total. The molecule has 168 valence electrons. The Bertz CT molecular complexity index is 1360. The summed E-state index contributed by atoms with van der Waals surface area (Å²) in [6.45, 7) is -0.332. The molecule has 2 atom stereocenters. The standard InChI is InChI=1S/C24H22FN5O3/c25-20-14-28(22(31)17-7-3-1-4-8-17)12-11-24(20,33)15-29-16-26-21-19(23(29)32)13-27-30(21)18-9-5-2-6-10-18/h1-10,13,16,20,33H,11-12,14-15H2/t20-,24+/m1/s1. The van der Waals surface area contributed by atoms with Crippen molar-refractivity contribution in [1.82, 2.24) is 24.2 Å². The first kappa shape index (κ1) is 21.0. The van der Waals surface area contributed by atoms with Gasteiger partial charge in [0.2, 0.25) is 0 Å². The minimum Gasteiger partial charge on any atom is -0.385 e. The van der Waals surface area contributed by atoms with Gasteiger partial charge < -0.3 is 10.0 Å². The van der Waals surface area contributed by atoms with Crippen molar-refractivity contribution in [3.63, 3.8) is 0 Å². The number of carbonyl (C=O) groups excluding carboxylic acids is 1. The van der Waals surface area contributed by atoms with Gasteiger partial charge in [0.15, 0.2) is 5.65 Å². The van der Waals surface area contributed by atoms with Crippen molar-refractivity contribution in [2.45, 2.75) is 24.7 Å². The number of para-hydroxylation sites is 1. The Balaban J connectivity index is 1.37. The van der Waals surface area contributed by atoms with Crippen LogP contribution in [0.25, 0.3) is 16.7 Å². The van der Waals surface area contributed by atoms with Gasteiger partial charge in [-0.15, -0.1) is 0 Å². The van der Waals surface area contributed by atoms with Crippen LogP contribution >= 0.6 is 0 Å². The van der Waals surface area contributed by atoms with Gasteiger partial charge in [-0.3, -0.25) is 14.2 Å². The molecule has 1 N–H and O–H groups in total. The number of hydrogen-bond donors (Lipinski definition) is 1. The van der Waals surface area contributed by atoms with Gasteiger partial charge in [-0.25, -0.2) is 14.1 Å². The van der Waals surface area contributed by atoms with Crippen LogP contribution in [-0.2, 0) is 6.54 Å². The number of halogens is 1. The maximum absolute atomic E-state index is 15.1. The van der Waals surface area contributed by atoms with Crippen molar-refractivity contribution in [2.75, 3.05) is 13.1 Å². The summed E-state index contributed by atoms with van der Waals surface area (Å²) in [7, 11) is 0. The van der Waals surface area contributed by atoms with Gasteiger partial charge in [0.1, 0.15) is 23.5 Å². The maximum atomic E-state index is 15.1. The lowest BCUT2D eigenvalue weighted by molar-refractivity contribution is -0.0887. The van der Waals surface area contributed by atoms with Crippen LogP contribution in [0.5, 0.6) is 0 Å². The molecule has 1 amide bonds. The lowest BCUT2D eigenvalue weighted by Crippen LogP contribution is -2.57. The quantitative estimate of drug-likeness (QED) is 0.518. The number of likely N-dealkylation sites (tertiary alicyclic amines) is 1. The Hall–Kier alpha value is -3.85. The van der Waals surface area contributed by atoms with Crippen LogP contribution in [0.3, 0.4) is 0 Å². The van der Waals surface area contributed by atoms with Gasteiger partial charge in [0.05, 0.1) is 25.0 Å². The van der Waals surface area contributed by atoms with Crippen molar-refractivity contribution in [1.29, 1.82) is 0 Å². The van der Waals surface area contributed by atoms with E-state index in [9.17, 15) is 14.7 Å². The molecule has 0 spiro atoms. The number of piperidine rings is 1. The molecular formula is C24H22FN5O3. The van der Waals surface area contributed by atoms with E-state index in [4.69, 9.17) is 0 Å². The Morgan fingerprint density at radius 2 is 1.82 bits per heavy atom. The highest BCUT2D eigenvalue weighted by molar-refractivity contribution is 5.94. The fourth-order valence-corrected chi connectivity index (χ4v) is 4.18. The lowest BCUT2D eigenvalue weighted by Gasteiger charge is -2.41. The van der Waals surface area contributed by atoms with E-state index in [1.165, 1.54) is 22.0 Å². The number of nitrogens with zero attached hydrogens (tertiary/aromatic N) is 5. The van der Waals surface area contributed by atoms with E-state index in [0.717, 1.165) is 5.69 Å². The van der Waals surface area contributed by atoms with Crippen LogP contribution in [0.4, 0.5) is 4.39 Å². The average molecular weight is 447 g/mol. The third-order valence-corrected chi connectivity index (χ3v) is 6.09. The minimum atomic E-state index is -1.79. The van der Waals surface area contributed by atoms with Crippen molar-refractivity contribution in [2.24, 2.45) is 0 Å². The van der Waals surface area contributed by atoms with E-state index < -0.39 is 17.3 Å². The predicted octanol–water partition coefficient (Wildman–Crippen LogP) is 2.20. The fourth-order valence-electron chi connectivity index (χ4n) is 4.18. The number of benzene rings is 2. The summed E-state index contributed by atoms with van der Waals surface area (Å²) in [6, 6.07) is 17.9. The highest BCUT2D eigenvalue weighted by atomic mass is 19.1. The lowest BCUT2D eigenvalue weighted by atomic mass is 9.89. The summed E-state index contributed by atoms with van der Waals surface area (Å²) < 4.78 is 17.9. The van der Waals surface area contributed by atoms with Crippen LogP contribution in [0.1, 0.15) is 16.8 Å². The number of aromatic nitrogens is 4. The van der Waals surface area contributed by atoms with E-state index in [2.05, 4.69) is 10.1 Å². The third-order valence-electron chi connectivity index (χ3n) is 6.09. The molecule has 1 saturated heterocycles. The molecule has 0 radical (unpaired) electrons. The Labute approximate surface area is 188 Å². The summed E-state index contributed by atoms with van der Waals surface area (Å²) in [5.74, 6) is -0.283. The van der Waals surface area contributed by atoms with E-state index in [1.807, 2.05) is 30.3 Å². The molecule has 0 aliphatic carbocycles. The van der Waals surface area contributed by atoms with Crippen LogP contribution < -0.4 is 5.56 Å². The molecule has 0 saturated carbocycles. The van der Waals surface area contributed by atoms with E-state index in [0.29, 0.717) is 11.2 Å². The first-order valence-corrected chi connectivity index (χ1v) is 10.7. The second-order valence-corrected chi connectivity index (χ2v) is 8.25. The topological polar surface area (TPSA) is 93.2 Å². The molecule has 0 unspecified atom stereocenters. The number of rotatable bonds is 4. The monoisotopic (exact) mass is 447 g/mol. The molecule has 3 heterocycles. The minimum absolute atomic E-state index is 0.000491. The van der Waals surface area contributed by atoms with Gasteiger partial charge >= 0.3 is 0 Å². The summed E-state index contributed by atoms with van der Waals surface area (Å²) in [6.07, 6.45) is 1.01. The van der Waals surface area contributed by atoms with Gasteiger partial charge in [0, 0.05) is 12.1 Å². The predicted molar refractivity (Wildman–Crippen MR) is 120 cm³/mol. The molecule has 9 heteroatoms. The zero-order chi connectivity index (χ0) is 23.0. The van der Waals surface area contributed by atoms with Crippen LogP contribution in [-0.4, -0.2) is 60.1 Å². The van der Waals surface area contributed by atoms with Crippen molar-refractivity contribution >= 4 is 16.9 Å². The molecule has 4 aromatic rings. The number of aliphatic hydroxyl groups is 1. The van der Waals surface area contributed by atoms with Crippen molar-refractivity contribution in [3.05, 3.63) is 89.1 Å². The zero-order valence-electron chi connectivity index (χ0n) is 17.7. The average Bonchev–Trinajstić information content (AvgIpc) is 3.28. The van der Waals surface area contributed by atoms with Gasteiger partial charge in [-0.2, -0.15) is 5.10 Å². The molecule has 1 fully saturated rings. The van der Waals surface area contributed by atoms with Crippen LogP contribution in [0.15, 0.2) is 78.0 Å². The first-order chi connectivity index (χ1) is 16.0. The summed E-state index contributed by atoms with van der Waals surface area (Å²) in [4.78, 5) is 31.4. The smallest absolute Gasteiger partial charge is 0.264 e. The van der Waals surface area contributed by atoms with Crippen molar-refractivity contribution in [3.8, 4) is 5.69 Å². The third kappa shape index (κ3) is 3.80. The number of alkyl halides is 1. The SMILES string of the molecule is O=C(c1ccccc1)N1CC[C@](O)(Cn2cnc3c(cnn3-c3ccccc3)c2=O)[C@H](F)C1. The number of carbonyl (C=O) groups is 1. The molecular weight excluding hydrogens is 425 g/mol. The second kappa shape index (κ2) is 8.25. The molecule has 1 aliphatic heterocycles. The maximum Gasteiger partial charge on any atom is 0.264 e. The highest BCUT2D eigenvalue weighted by Gasteiger charge is 2.44. The zero-order valence-corrected chi connectivity index (χ0v) is 17.7. The van der Waals surface area contributed by atoms with Crippen molar-refractivity contribution < 1.29 is 14.3 Å².